The van der Waals surface area contributed by atoms with Gasteiger partial charge in [-0.3, -0.25) is 4.57 Å². The third-order valence-corrected chi connectivity index (χ3v) is 12.3. The van der Waals surface area contributed by atoms with Gasteiger partial charge in [-0.05, 0) is 47.7 Å². The van der Waals surface area contributed by atoms with Crippen LogP contribution in [0.5, 0.6) is 11.6 Å². The standard InChI is InChI=1S/C45H27N3OS2/c1-26-14-2-3-15-27(26)28-16-7-11-23-35(28)49-43-40-33-21-9-13-25-37(33)51-44(40)47-45(46-43)48-34-22-10-6-19-31(34)39-41(48)30-18-5-4-17-29(30)38-32-20-8-12-24-36(32)50-42(38)39/h2-25H,1H3. The summed E-state index contributed by atoms with van der Waals surface area (Å²) in [6, 6.07) is 51.3. The Balaban J connectivity index is 1.26. The Bertz CT molecular complexity index is 3200. The van der Waals surface area contributed by atoms with Gasteiger partial charge in [0.2, 0.25) is 11.8 Å². The number of thiophene rings is 2. The van der Waals surface area contributed by atoms with Crippen molar-refractivity contribution < 1.29 is 4.74 Å². The zero-order chi connectivity index (χ0) is 33.6. The third kappa shape index (κ3) is 4.18. The average molecular weight is 690 g/mol. The lowest BCUT2D eigenvalue weighted by molar-refractivity contribution is 0.469. The quantitative estimate of drug-likeness (QED) is 0.185. The van der Waals surface area contributed by atoms with Gasteiger partial charge in [0.1, 0.15) is 10.6 Å². The predicted octanol–water partition coefficient (Wildman–Crippen LogP) is 13.2. The number of hydrogen-bond acceptors (Lipinski definition) is 5. The number of aryl methyl sites for hydroxylation is 1. The predicted molar refractivity (Wildman–Crippen MR) is 216 cm³/mol. The molecule has 0 unspecified atom stereocenters. The molecule has 0 aliphatic heterocycles. The monoisotopic (exact) mass is 689 g/mol. The molecule has 4 heterocycles. The van der Waals surface area contributed by atoms with Gasteiger partial charge in [-0.1, -0.05) is 121 Å². The number of nitrogens with zero attached hydrogens (tertiary/aromatic N) is 3. The van der Waals surface area contributed by atoms with Crippen molar-refractivity contribution in [3.05, 3.63) is 151 Å². The van der Waals surface area contributed by atoms with Crippen molar-refractivity contribution in [2.24, 2.45) is 0 Å². The van der Waals surface area contributed by atoms with E-state index in [9.17, 15) is 0 Å². The number of para-hydroxylation sites is 2. The summed E-state index contributed by atoms with van der Waals surface area (Å²) in [4.78, 5) is 11.7. The molecule has 0 aliphatic rings. The molecule has 11 rings (SSSR count). The summed E-state index contributed by atoms with van der Waals surface area (Å²) in [7, 11) is 0. The van der Waals surface area contributed by atoms with Gasteiger partial charge < -0.3 is 4.74 Å². The zero-order valence-electron chi connectivity index (χ0n) is 27.4. The Kier molecular flexibility index (Phi) is 6.17. The van der Waals surface area contributed by atoms with Gasteiger partial charge >= 0.3 is 0 Å². The van der Waals surface area contributed by atoms with Crippen LogP contribution in [-0.4, -0.2) is 14.5 Å². The molecule has 51 heavy (non-hydrogen) atoms. The normalized spacial score (nSPS) is 12.0. The van der Waals surface area contributed by atoms with Crippen LogP contribution in [0.4, 0.5) is 0 Å². The summed E-state index contributed by atoms with van der Waals surface area (Å²) in [5.41, 5.74) is 5.52. The summed E-state index contributed by atoms with van der Waals surface area (Å²) in [5.74, 6) is 1.90. The fourth-order valence-corrected chi connectivity index (χ4v) is 10.2. The Hall–Kier alpha value is -6.08. The van der Waals surface area contributed by atoms with Crippen LogP contribution in [0.1, 0.15) is 5.56 Å². The third-order valence-electron chi connectivity index (χ3n) is 10.1. The molecule has 0 aliphatic carbocycles. The largest absolute Gasteiger partial charge is 0.437 e. The van der Waals surface area contributed by atoms with Crippen LogP contribution < -0.4 is 4.74 Å². The van der Waals surface area contributed by atoms with Gasteiger partial charge in [0.25, 0.3) is 0 Å². The topological polar surface area (TPSA) is 39.9 Å². The first kappa shape index (κ1) is 28.7. The lowest BCUT2D eigenvalue weighted by Crippen LogP contribution is -2.03. The smallest absolute Gasteiger partial charge is 0.239 e. The lowest BCUT2D eigenvalue weighted by atomic mass is 10.00. The lowest BCUT2D eigenvalue weighted by Gasteiger charge is -2.15. The van der Waals surface area contributed by atoms with Gasteiger partial charge in [-0.25, -0.2) is 4.98 Å². The van der Waals surface area contributed by atoms with Gasteiger partial charge in [0.05, 0.1) is 16.4 Å². The summed E-state index contributed by atoms with van der Waals surface area (Å²) < 4.78 is 13.0. The van der Waals surface area contributed by atoms with Crippen molar-refractivity contribution >= 4 is 95.7 Å². The minimum absolute atomic E-state index is 0.548. The summed E-state index contributed by atoms with van der Waals surface area (Å²) >= 11 is 3.54. The van der Waals surface area contributed by atoms with Crippen molar-refractivity contribution in [2.45, 2.75) is 6.92 Å². The SMILES string of the molecule is Cc1ccccc1-c1ccccc1Oc1nc(-n2c3ccccc3c3c4sc5ccccc5c4c4ccccc4c32)nc2sc3ccccc3c12. The fourth-order valence-electron chi connectivity index (χ4n) is 7.84. The number of ether oxygens (including phenoxy) is 1. The second-order valence-corrected chi connectivity index (χ2v) is 15.0. The van der Waals surface area contributed by atoms with Crippen LogP contribution in [0.2, 0.25) is 0 Å². The first-order chi connectivity index (χ1) is 25.2. The van der Waals surface area contributed by atoms with E-state index in [1.165, 1.54) is 47.3 Å². The molecular weight excluding hydrogens is 663 g/mol. The highest BCUT2D eigenvalue weighted by molar-refractivity contribution is 7.27. The molecule has 6 heteroatoms. The number of aromatic nitrogens is 3. The van der Waals surface area contributed by atoms with Crippen molar-refractivity contribution in [1.29, 1.82) is 0 Å². The van der Waals surface area contributed by atoms with Crippen LogP contribution in [0.25, 0.3) is 90.1 Å². The van der Waals surface area contributed by atoms with Gasteiger partial charge in [-0.15, -0.1) is 22.7 Å². The molecule has 240 valence electrons. The molecule has 0 amide bonds. The van der Waals surface area contributed by atoms with Gasteiger partial charge in [0.15, 0.2) is 0 Å². The van der Waals surface area contributed by atoms with E-state index in [4.69, 9.17) is 14.7 Å². The maximum Gasteiger partial charge on any atom is 0.239 e. The number of rotatable bonds is 4. The molecule has 0 saturated heterocycles. The van der Waals surface area contributed by atoms with Crippen molar-refractivity contribution in [3.8, 4) is 28.7 Å². The number of fused-ring (bicyclic) bond motifs is 13. The van der Waals surface area contributed by atoms with Crippen molar-refractivity contribution in [1.82, 2.24) is 14.5 Å². The zero-order valence-corrected chi connectivity index (χ0v) is 29.1. The molecule has 0 atom stereocenters. The van der Waals surface area contributed by atoms with Crippen molar-refractivity contribution in [2.75, 3.05) is 0 Å². The fraction of sp³-hybridized carbons (Fsp3) is 0.0222. The molecule has 0 bridgehead atoms. The van der Waals surface area contributed by atoms with E-state index < -0.39 is 0 Å². The molecule has 4 nitrogen and oxygen atoms in total. The van der Waals surface area contributed by atoms with Gasteiger partial charge in [0, 0.05) is 52.0 Å². The average Bonchev–Trinajstić information content (AvgIpc) is 3.85. The van der Waals surface area contributed by atoms with Crippen LogP contribution in [0.3, 0.4) is 0 Å². The maximum absolute atomic E-state index is 7.00. The highest BCUT2D eigenvalue weighted by atomic mass is 32.1. The van der Waals surface area contributed by atoms with Crippen molar-refractivity contribution in [3.63, 3.8) is 0 Å². The van der Waals surface area contributed by atoms with E-state index in [0.717, 1.165) is 48.2 Å². The van der Waals surface area contributed by atoms with E-state index in [1.54, 1.807) is 11.3 Å². The summed E-state index contributed by atoms with van der Waals surface area (Å²) in [5, 5.41) is 9.43. The van der Waals surface area contributed by atoms with Crippen LogP contribution >= 0.6 is 22.7 Å². The Morgan fingerprint density at radius 2 is 1.12 bits per heavy atom. The van der Waals surface area contributed by atoms with E-state index in [1.807, 2.05) is 23.5 Å². The minimum atomic E-state index is 0.548. The summed E-state index contributed by atoms with van der Waals surface area (Å²) in [6.07, 6.45) is 0. The first-order valence-electron chi connectivity index (χ1n) is 17.0. The second kappa shape index (κ2) is 11.0. The van der Waals surface area contributed by atoms with Crippen LogP contribution in [0.15, 0.2) is 146 Å². The van der Waals surface area contributed by atoms with Crippen LogP contribution in [0, 0.1) is 6.92 Å². The molecule has 0 fully saturated rings. The van der Waals surface area contributed by atoms with Gasteiger partial charge in [-0.2, -0.15) is 4.98 Å². The Morgan fingerprint density at radius 3 is 1.92 bits per heavy atom. The maximum atomic E-state index is 7.00. The van der Waals surface area contributed by atoms with E-state index in [0.29, 0.717) is 11.8 Å². The molecule has 4 aromatic heterocycles. The summed E-state index contributed by atoms with van der Waals surface area (Å²) in [6.45, 7) is 2.14. The minimum Gasteiger partial charge on any atom is -0.437 e. The second-order valence-electron chi connectivity index (χ2n) is 12.9. The number of hydrogen-bond donors (Lipinski definition) is 0. The molecule has 0 radical (unpaired) electrons. The van der Waals surface area contributed by atoms with E-state index in [-0.39, 0.29) is 0 Å². The molecule has 7 aromatic carbocycles. The van der Waals surface area contributed by atoms with Crippen LogP contribution in [-0.2, 0) is 0 Å². The highest BCUT2D eigenvalue weighted by Gasteiger charge is 2.25. The number of benzene rings is 7. The molecule has 11 aromatic rings. The highest BCUT2D eigenvalue weighted by Crippen LogP contribution is 2.48. The van der Waals surface area contributed by atoms with E-state index in [2.05, 4.69) is 145 Å². The first-order valence-corrected chi connectivity index (χ1v) is 18.6. The molecular formula is C45H27N3OS2. The molecule has 0 N–H and O–H groups in total. The Labute approximate surface area is 300 Å². The molecule has 0 spiro atoms. The molecule has 0 saturated carbocycles. The Morgan fingerprint density at radius 1 is 0.510 bits per heavy atom. The van der Waals surface area contributed by atoms with E-state index >= 15 is 0 Å².